The molecule has 0 aromatic heterocycles. The van der Waals surface area contributed by atoms with E-state index >= 15 is 0 Å². The van der Waals surface area contributed by atoms with Crippen LogP contribution in [0.5, 0.6) is 11.5 Å². The summed E-state index contributed by atoms with van der Waals surface area (Å²) in [5.74, 6) is 0.780. The molecule has 0 aliphatic heterocycles. The van der Waals surface area contributed by atoms with Crippen molar-refractivity contribution in [3.05, 3.63) is 59.7 Å². The summed E-state index contributed by atoms with van der Waals surface area (Å²) in [5.41, 5.74) is 1.17. The number of hydrogen-bond acceptors (Lipinski definition) is 5. The van der Waals surface area contributed by atoms with Crippen LogP contribution in [0.1, 0.15) is 20.7 Å². The van der Waals surface area contributed by atoms with Crippen molar-refractivity contribution in [2.75, 3.05) is 6.61 Å². The summed E-state index contributed by atoms with van der Waals surface area (Å²) >= 11 is 0. The molecule has 0 spiro atoms. The Morgan fingerprint density at radius 2 is 1.43 bits per heavy atom. The van der Waals surface area contributed by atoms with E-state index < -0.39 is 0 Å². The minimum Gasteiger partial charge on any atom is -0.508 e. The molecular formula is C16H13NO4. The Morgan fingerprint density at radius 3 is 1.86 bits per heavy atom. The number of aromatic hydroxyl groups is 1. The number of phenols is 1. The number of phenolic OH excluding ortho intramolecular Hbond substituents is 1. The molecule has 0 saturated heterocycles. The number of nitriles is 1. The maximum atomic E-state index is 10.2. The van der Waals surface area contributed by atoms with Gasteiger partial charge in [0.25, 0.3) is 0 Å². The second-order valence-electron chi connectivity index (χ2n) is 3.84. The van der Waals surface area contributed by atoms with Crippen molar-refractivity contribution in [3.8, 4) is 17.6 Å². The molecule has 5 heteroatoms. The third-order valence-corrected chi connectivity index (χ3v) is 2.35. The Morgan fingerprint density at radius 1 is 0.952 bits per heavy atom. The molecule has 2 rings (SSSR count). The number of rotatable bonds is 4. The molecule has 0 aliphatic carbocycles. The molecule has 0 atom stereocenters. The van der Waals surface area contributed by atoms with Gasteiger partial charge in [-0.15, -0.1) is 0 Å². The average Bonchev–Trinajstić information content (AvgIpc) is 2.55. The van der Waals surface area contributed by atoms with Crippen LogP contribution in [0.4, 0.5) is 0 Å². The van der Waals surface area contributed by atoms with E-state index in [1.165, 1.54) is 12.1 Å². The van der Waals surface area contributed by atoms with Crippen LogP contribution < -0.4 is 4.74 Å². The number of carbonyl (C=O) groups excluding carboxylic acids is 2. The molecule has 0 amide bonds. The number of ether oxygens (including phenoxy) is 1. The normalized spacial score (nSPS) is 8.71. The van der Waals surface area contributed by atoms with Gasteiger partial charge < -0.3 is 9.84 Å². The monoisotopic (exact) mass is 283 g/mol. The van der Waals surface area contributed by atoms with Crippen LogP contribution in [0.25, 0.3) is 0 Å². The fourth-order valence-electron chi connectivity index (χ4n) is 1.31. The molecule has 0 radical (unpaired) electrons. The van der Waals surface area contributed by atoms with Crippen molar-refractivity contribution >= 4 is 12.6 Å². The molecule has 0 fully saturated rings. The van der Waals surface area contributed by atoms with E-state index in [0.717, 1.165) is 12.6 Å². The summed E-state index contributed by atoms with van der Waals surface area (Å²) in [6, 6.07) is 14.5. The molecule has 2 aromatic carbocycles. The summed E-state index contributed by atoms with van der Waals surface area (Å²) in [5, 5.41) is 16.9. The molecule has 5 nitrogen and oxygen atoms in total. The van der Waals surface area contributed by atoms with E-state index in [2.05, 4.69) is 0 Å². The third kappa shape index (κ3) is 6.03. The van der Waals surface area contributed by atoms with Crippen molar-refractivity contribution in [1.82, 2.24) is 0 Å². The first-order chi connectivity index (χ1) is 10.2. The number of carbonyl (C=O) groups is 2. The highest BCUT2D eigenvalue weighted by Gasteiger charge is 1.92. The van der Waals surface area contributed by atoms with E-state index in [9.17, 15) is 9.59 Å². The Hall–Kier alpha value is -3.13. The van der Waals surface area contributed by atoms with Crippen LogP contribution in [0.2, 0.25) is 0 Å². The van der Waals surface area contributed by atoms with Gasteiger partial charge in [0.2, 0.25) is 0 Å². The first-order valence-electron chi connectivity index (χ1n) is 5.99. The summed E-state index contributed by atoms with van der Waals surface area (Å²) in [4.78, 5) is 20.3. The van der Waals surface area contributed by atoms with Gasteiger partial charge in [0.1, 0.15) is 30.1 Å². The number of benzene rings is 2. The van der Waals surface area contributed by atoms with E-state index in [4.69, 9.17) is 15.1 Å². The summed E-state index contributed by atoms with van der Waals surface area (Å²) in [7, 11) is 0. The Balaban J connectivity index is 0.000000219. The topological polar surface area (TPSA) is 87.4 Å². The summed E-state index contributed by atoms with van der Waals surface area (Å²) in [6.45, 7) is 0.0282. The molecule has 1 N–H and O–H groups in total. The zero-order valence-electron chi connectivity index (χ0n) is 11.1. The molecule has 0 heterocycles. The predicted molar refractivity (Wildman–Crippen MR) is 76.4 cm³/mol. The highest BCUT2D eigenvalue weighted by atomic mass is 16.5. The van der Waals surface area contributed by atoms with E-state index in [-0.39, 0.29) is 12.4 Å². The maximum Gasteiger partial charge on any atom is 0.174 e. The average molecular weight is 283 g/mol. The maximum absolute atomic E-state index is 10.2. The SMILES string of the molecule is N#CCOc1ccc(C=O)cc1.O=Cc1ccc(O)cc1. The first-order valence-corrected chi connectivity index (χ1v) is 5.99. The van der Waals surface area contributed by atoms with Gasteiger partial charge in [-0.25, -0.2) is 0 Å². The quantitative estimate of drug-likeness (QED) is 0.871. The van der Waals surface area contributed by atoms with Crippen LogP contribution in [0.15, 0.2) is 48.5 Å². The van der Waals surface area contributed by atoms with Crippen LogP contribution in [0, 0.1) is 11.3 Å². The van der Waals surface area contributed by atoms with Gasteiger partial charge in [0.15, 0.2) is 6.61 Å². The minimum absolute atomic E-state index is 0.0282. The van der Waals surface area contributed by atoms with Crippen LogP contribution in [0.3, 0.4) is 0 Å². The van der Waals surface area contributed by atoms with E-state index in [1.807, 2.05) is 6.07 Å². The second kappa shape index (κ2) is 8.88. The zero-order valence-corrected chi connectivity index (χ0v) is 11.1. The second-order valence-corrected chi connectivity index (χ2v) is 3.84. The van der Waals surface area contributed by atoms with Crippen LogP contribution in [-0.4, -0.2) is 24.3 Å². The lowest BCUT2D eigenvalue weighted by molar-refractivity contribution is 0.111. The summed E-state index contributed by atoms with van der Waals surface area (Å²) in [6.07, 6.45) is 1.49. The fourth-order valence-corrected chi connectivity index (χ4v) is 1.31. The van der Waals surface area contributed by atoms with Gasteiger partial charge in [-0.3, -0.25) is 9.59 Å². The third-order valence-electron chi connectivity index (χ3n) is 2.35. The van der Waals surface area contributed by atoms with Crippen LogP contribution in [-0.2, 0) is 0 Å². The van der Waals surface area contributed by atoms with Gasteiger partial charge in [0, 0.05) is 11.1 Å². The predicted octanol–water partition coefficient (Wildman–Crippen LogP) is 2.61. The molecule has 0 aliphatic rings. The van der Waals surface area contributed by atoms with Gasteiger partial charge in [-0.2, -0.15) is 5.26 Å². The van der Waals surface area contributed by atoms with Crippen molar-refractivity contribution in [1.29, 1.82) is 5.26 Å². The van der Waals surface area contributed by atoms with Crippen LogP contribution >= 0.6 is 0 Å². The lowest BCUT2D eigenvalue weighted by Gasteiger charge is -1.99. The number of nitrogens with zero attached hydrogens (tertiary/aromatic N) is 1. The molecule has 2 aromatic rings. The fraction of sp³-hybridized carbons (Fsp3) is 0.0625. The Kier molecular flexibility index (Phi) is 6.74. The molecule has 0 bridgehead atoms. The lowest BCUT2D eigenvalue weighted by Crippen LogP contribution is -1.92. The van der Waals surface area contributed by atoms with Gasteiger partial charge in [0.05, 0.1) is 0 Å². The first kappa shape index (κ1) is 15.9. The number of hydrogen-bond donors (Lipinski definition) is 1. The minimum atomic E-state index is 0.0282. The lowest BCUT2D eigenvalue weighted by atomic mass is 10.2. The molecule has 106 valence electrons. The summed E-state index contributed by atoms with van der Waals surface area (Å²) < 4.78 is 4.98. The molecule has 0 unspecified atom stereocenters. The number of aldehydes is 2. The Labute approximate surface area is 122 Å². The van der Waals surface area contributed by atoms with Crippen molar-refractivity contribution in [2.24, 2.45) is 0 Å². The Bertz CT molecular complexity index is 612. The van der Waals surface area contributed by atoms with Gasteiger partial charge in [-0.05, 0) is 48.5 Å². The van der Waals surface area contributed by atoms with E-state index in [1.54, 1.807) is 36.4 Å². The van der Waals surface area contributed by atoms with Gasteiger partial charge in [-0.1, -0.05) is 0 Å². The smallest absolute Gasteiger partial charge is 0.174 e. The standard InChI is InChI=1S/C9H7NO2.C7H6O2/c10-5-6-12-9-3-1-8(7-11)2-4-9;8-5-6-1-3-7(9)4-2-6/h1-4,7H,6H2;1-5,9H. The largest absolute Gasteiger partial charge is 0.508 e. The molecular weight excluding hydrogens is 270 g/mol. The highest BCUT2D eigenvalue weighted by Crippen LogP contribution is 2.10. The zero-order chi connectivity index (χ0) is 15.5. The van der Waals surface area contributed by atoms with E-state index in [0.29, 0.717) is 16.9 Å². The molecule has 0 saturated carbocycles. The van der Waals surface area contributed by atoms with Gasteiger partial charge >= 0.3 is 0 Å². The molecule has 21 heavy (non-hydrogen) atoms. The van der Waals surface area contributed by atoms with Crippen molar-refractivity contribution in [3.63, 3.8) is 0 Å². The van der Waals surface area contributed by atoms with Crippen molar-refractivity contribution < 1.29 is 19.4 Å². The highest BCUT2D eigenvalue weighted by molar-refractivity contribution is 5.75. The van der Waals surface area contributed by atoms with Crippen molar-refractivity contribution in [2.45, 2.75) is 0 Å².